The number of halogens is 2. The van der Waals surface area contributed by atoms with Crippen molar-refractivity contribution in [1.82, 2.24) is 9.80 Å². The van der Waals surface area contributed by atoms with Crippen molar-refractivity contribution in [2.24, 2.45) is 34.0 Å². The van der Waals surface area contributed by atoms with Crippen LogP contribution in [0.1, 0.15) is 38.7 Å². The molecule has 4 fully saturated rings. The van der Waals surface area contributed by atoms with Gasteiger partial charge >= 0.3 is 0 Å². The number of nitrogens with zero attached hydrogens (tertiary/aromatic N) is 2. The van der Waals surface area contributed by atoms with Crippen LogP contribution in [0.15, 0.2) is 54.1 Å². The monoisotopic (exact) mass is 524 g/mol. The van der Waals surface area contributed by atoms with E-state index >= 15 is 8.78 Å². The van der Waals surface area contributed by atoms with Crippen LogP contribution in [-0.4, -0.2) is 71.7 Å². The van der Waals surface area contributed by atoms with E-state index in [9.17, 15) is 14.7 Å². The first kappa shape index (κ1) is 25.9. The average molecular weight is 525 g/mol. The summed E-state index contributed by atoms with van der Waals surface area (Å²) in [6.07, 6.45) is 1.83. The summed E-state index contributed by atoms with van der Waals surface area (Å²) < 4.78 is 33.3. The van der Waals surface area contributed by atoms with Crippen molar-refractivity contribution >= 4 is 11.7 Å². The van der Waals surface area contributed by atoms with Gasteiger partial charge in [0.2, 0.25) is 5.91 Å². The van der Waals surface area contributed by atoms with Gasteiger partial charge < -0.3 is 10.0 Å². The van der Waals surface area contributed by atoms with E-state index in [-0.39, 0.29) is 41.9 Å². The summed E-state index contributed by atoms with van der Waals surface area (Å²) in [7, 11) is 3.53. The smallest absolute Gasteiger partial charge is 0.230 e. The summed E-state index contributed by atoms with van der Waals surface area (Å²) in [6, 6.07) is 10.2. The van der Waals surface area contributed by atoms with Gasteiger partial charge in [-0.1, -0.05) is 43.3 Å². The van der Waals surface area contributed by atoms with Crippen molar-refractivity contribution in [2.75, 3.05) is 27.2 Å². The van der Waals surface area contributed by atoms with Gasteiger partial charge in [0.15, 0.2) is 11.5 Å². The fourth-order valence-corrected chi connectivity index (χ4v) is 9.59. The van der Waals surface area contributed by atoms with E-state index in [0.717, 1.165) is 6.54 Å². The summed E-state index contributed by atoms with van der Waals surface area (Å²) >= 11 is 0. The number of fused-ring (bicyclic) bond motifs is 7. The third-order valence-corrected chi connectivity index (χ3v) is 11.3. The van der Waals surface area contributed by atoms with Crippen molar-refractivity contribution in [3.8, 4) is 0 Å². The minimum atomic E-state index is -2.12. The van der Waals surface area contributed by atoms with Crippen LogP contribution in [0.4, 0.5) is 8.78 Å². The highest BCUT2D eigenvalue weighted by molar-refractivity contribution is 6.01. The SMILES string of the molecule is CN(C)C(=O)[C@@]12CN(Cc3ccccc3)C[C@@H]1C[C@H]1[C@@H]3C[C@H](F)C4=CC(=O)C=C[C@]4(C)[C@@]3(F)[C@@H](O)C[C@@]12C. The van der Waals surface area contributed by atoms with Crippen molar-refractivity contribution in [1.29, 1.82) is 0 Å². The van der Waals surface area contributed by atoms with Crippen molar-refractivity contribution in [3.05, 3.63) is 59.7 Å². The van der Waals surface area contributed by atoms with Gasteiger partial charge in [-0.3, -0.25) is 14.5 Å². The van der Waals surface area contributed by atoms with Crippen LogP contribution in [0.25, 0.3) is 0 Å². The summed E-state index contributed by atoms with van der Waals surface area (Å²) in [6.45, 7) is 5.64. The number of ketones is 1. The fraction of sp³-hybridized carbons (Fsp3) is 0.613. The van der Waals surface area contributed by atoms with Crippen LogP contribution in [-0.2, 0) is 16.1 Å². The first-order valence-electron chi connectivity index (χ1n) is 13.8. The zero-order chi connectivity index (χ0) is 27.3. The lowest BCUT2D eigenvalue weighted by Crippen LogP contribution is -2.70. The van der Waals surface area contributed by atoms with Gasteiger partial charge in [0.05, 0.1) is 11.5 Å². The highest BCUT2D eigenvalue weighted by Gasteiger charge is 2.78. The predicted octanol–water partition coefficient (Wildman–Crippen LogP) is 4.12. The molecule has 204 valence electrons. The molecular weight excluding hydrogens is 486 g/mol. The molecule has 4 aliphatic carbocycles. The minimum absolute atomic E-state index is 0.0167. The van der Waals surface area contributed by atoms with Gasteiger partial charge in [-0.25, -0.2) is 8.78 Å². The standard InChI is InChI=1S/C31H38F2N2O3/c1-28-11-10-21(36)13-24(28)25(32)14-23-22-12-20-17-35(16-19-8-6-5-7-9-19)18-30(20,27(38)34(3)4)29(22,2)15-26(37)31(23,28)33/h5-11,13,20,22-23,25-26,37H,12,14-18H2,1-4H3/t20-,22-,23-,25-,26-,28-,29-,30+,31-/m0/s1. The Morgan fingerprint density at radius 2 is 1.87 bits per heavy atom. The van der Waals surface area contributed by atoms with Crippen LogP contribution in [0, 0.1) is 34.0 Å². The Bertz CT molecular complexity index is 1230. The van der Waals surface area contributed by atoms with Gasteiger partial charge in [-0.05, 0) is 66.7 Å². The second-order valence-corrected chi connectivity index (χ2v) is 13.1. The first-order valence-corrected chi connectivity index (χ1v) is 13.8. The van der Waals surface area contributed by atoms with E-state index in [1.54, 1.807) is 25.9 Å². The van der Waals surface area contributed by atoms with Crippen molar-refractivity contribution < 1.29 is 23.5 Å². The van der Waals surface area contributed by atoms with Gasteiger partial charge in [-0.15, -0.1) is 0 Å². The van der Waals surface area contributed by atoms with E-state index in [2.05, 4.69) is 24.0 Å². The summed E-state index contributed by atoms with van der Waals surface area (Å²) in [4.78, 5) is 30.2. The number of benzene rings is 1. The van der Waals surface area contributed by atoms with Crippen LogP contribution < -0.4 is 0 Å². The number of carbonyl (C=O) groups is 2. The molecule has 1 aliphatic heterocycles. The number of alkyl halides is 2. The van der Waals surface area contributed by atoms with E-state index in [1.165, 1.54) is 23.8 Å². The average Bonchev–Trinajstić information content (AvgIpc) is 3.34. The van der Waals surface area contributed by atoms with Gasteiger partial charge in [0.1, 0.15) is 6.17 Å². The first-order chi connectivity index (χ1) is 17.9. The van der Waals surface area contributed by atoms with E-state index < -0.39 is 40.1 Å². The molecule has 0 unspecified atom stereocenters. The second-order valence-electron chi connectivity index (χ2n) is 13.1. The number of aliphatic hydroxyl groups excluding tert-OH is 1. The molecule has 0 spiro atoms. The maximum absolute atomic E-state index is 17.5. The number of hydrogen-bond acceptors (Lipinski definition) is 4. The molecule has 9 atom stereocenters. The molecule has 0 bridgehead atoms. The molecule has 1 saturated heterocycles. The Kier molecular flexibility index (Phi) is 5.66. The van der Waals surface area contributed by atoms with Gasteiger partial charge in [-0.2, -0.15) is 0 Å². The second kappa shape index (κ2) is 8.31. The summed E-state index contributed by atoms with van der Waals surface area (Å²) in [5.41, 5.74) is -3.70. The third kappa shape index (κ3) is 3.09. The quantitative estimate of drug-likeness (QED) is 0.646. The van der Waals surface area contributed by atoms with Crippen molar-refractivity contribution in [3.63, 3.8) is 0 Å². The molecule has 7 heteroatoms. The lowest BCUT2D eigenvalue weighted by molar-refractivity contribution is -0.213. The molecule has 38 heavy (non-hydrogen) atoms. The Balaban J connectivity index is 1.42. The lowest BCUT2D eigenvalue weighted by Gasteiger charge is -2.63. The van der Waals surface area contributed by atoms with E-state index in [1.807, 2.05) is 18.2 Å². The Morgan fingerprint density at radius 1 is 1.16 bits per heavy atom. The number of likely N-dealkylation sites (tertiary alicyclic amines) is 1. The van der Waals surface area contributed by atoms with E-state index in [0.29, 0.717) is 19.5 Å². The number of amides is 1. The fourth-order valence-electron chi connectivity index (χ4n) is 9.59. The molecular formula is C31H38F2N2O3. The lowest BCUT2D eigenvalue weighted by atomic mass is 9.43. The molecule has 6 rings (SSSR count). The van der Waals surface area contributed by atoms with Gasteiger partial charge in [0, 0.05) is 45.1 Å². The van der Waals surface area contributed by atoms with Crippen LogP contribution in [0.3, 0.4) is 0 Å². The molecule has 1 heterocycles. The Labute approximate surface area is 223 Å². The van der Waals surface area contributed by atoms with Crippen LogP contribution in [0.5, 0.6) is 0 Å². The molecule has 1 amide bonds. The molecule has 1 aromatic carbocycles. The largest absolute Gasteiger partial charge is 0.390 e. The Hall–Kier alpha value is -2.38. The normalized spacial score (nSPS) is 45.6. The van der Waals surface area contributed by atoms with E-state index in [4.69, 9.17) is 0 Å². The number of hydrogen-bond donors (Lipinski definition) is 1. The molecule has 3 saturated carbocycles. The topological polar surface area (TPSA) is 60.9 Å². The minimum Gasteiger partial charge on any atom is -0.390 e. The zero-order valence-electron chi connectivity index (χ0n) is 22.7. The molecule has 1 N–H and O–H groups in total. The number of aliphatic hydroxyl groups is 1. The number of rotatable bonds is 3. The Morgan fingerprint density at radius 3 is 2.55 bits per heavy atom. The maximum atomic E-state index is 17.5. The molecule has 5 nitrogen and oxygen atoms in total. The summed E-state index contributed by atoms with van der Waals surface area (Å²) in [5.74, 6) is -1.36. The zero-order valence-corrected chi connectivity index (χ0v) is 22.7. The molecule has 1 aromatic rings. The number of allylic oxidation sites excluding steroid dienone is 4. The van der Waals surface area contributed by atoms with Crippen molar-refractivity contribution in [2.45, 2.75) is 57.6 Å². The van der Waals surface area contributed by atoms with Gasteiger partial charge in [0.25, 0.3) is 0 Å². The summed E-state index contributed by atoms with van der Waals surface area (Å²) in [5, 5.41) is 11.7. The predicted molar refractivity (Wildman–Crippen MR) is 140 cm³/mol. The molecule has 5 aliphatic rings. The van der Waals surface area contributed by atoms with Crippen LogP contribution >= 0.6 is 0 Å². The highest BCUT2D eigenvalue weighted by atomic mass is 19.1. The van der Waals surface area contributed by atoms with Crippen LogP contribution in [0.2, 0.25) is 0 Å². The highest BCUT2D eigenvalue weighted by Crippen LogP contribution is 2.74. The molecule has 0 radical (unpaired) electrons. The number of carbonyl (C=O) groups excluding carboxylic acids is 2. The maximum Gasteiger partial charge on any atom is 0.230 e. The molecule has 0 aromatic heterocycles. The third-order valence-electron chi connectivity index (χ3n) is 11.3.